The highest BCUT2D eigenvalue weighted by atomic mass is 16.5. The first kappa shape index (κ1) is 22.5. The first-order chi connectivity index (χ1) is 17.4. The van der Waals surface area contributed by atoms with Gasteiger partial charge in [0.2, 0.25) is 5.91 Å². The van der Waals surface area contributed by atoms with Crippen LogP contribution in [0.1, 0.15) is 30.1 Å². The summed E-state index contributed by atoms with van der Waals surface area (Å²) < 4.78 is 14.9. The summed E-state index contributed by atoms with van der Waals surface area (Å²) in [4.78, 5) is 31.1. The summed E-state index contributed by atoms with van der Waals surface area (Å²) in [6.45, 7) is 3.31. The summed E-state index contributed by atoms with van der Waals surface area (Å²) in [7, 11) is 4.93. The zero-order valence-corrected chi connectivity index (χ0v) is 20.9. The fourth-order valence-corrected chi connectivity index (χ4v) is 5.84. The molecule has 3 heterocycles. The molecular formula is C27H29N5O4. The van der Waals surface area contributed by atoms with Gasteiger partial charge in [-0.05, 0) is 37.1 Å². The molecule has 4 aromatic rings. The fraction of sp³-hybridized carbons (Fsp3) is 0.370. The summed E-state index contributed by atoms with van der Waals surface area (Å²) in [5.41, 5.74) is 5.37. The van der Waals surface area contributed by atoms with Crippen molar-refractivity contribution in [3.63, 3.8) is 0 Å². The van der Waals surface area contributed by atoms with Crippen LogP contribution >= 0.6 is 0 Å². The van der Waals surface area contributed by atoms with Crippen LogP contribution in [-0.2, 0) is 23.1 Å². The van der Waals surface area contributed by atoms with Crippen LogP contribution in [0.15, 0.2) is 36.4 Å². The third-order valence-corrected chi connectivity index (χ3v) is 7.54. The predicted molar refractivity (Wildman–Crippen MR) is 138 cm³/mol. The van der Waals surface area contributed by atoms with Crippen molar-refractivity contribution in [1.29, 1.82) is 0 Å². The summed E-state index contributed by atoms with van der Waals surface area (Å²) in [6.07, 6.45) is 1.94. The van der Waals surface area contributed by atoms with E-state index in [1.54, 1.807) is 26.2 Å². The highest BCUT2D eigenvalue weighted by molar-refractivity contribution is 5.99. The van der Waals surface area contributed by atoms with Crippen molar-refractivity contribution in [3.8, 4) is 17.3 Å². The number of ether oxygens (including phenoxy) is 2. The van der Waals surface area contributed by atoms with E-state index in [-0.39, 0.29) is 11.9 Å². The standard InChI is InChI=1S/C27H29N5O4/c1-15(33)28-18-13-19(14-18)31-8-9-32-22(11-16-6-5-7-21(31)24(16)32)26-29-20-10-17(27(34)36-4)12-23(35-3)25(20)30(26)2/h5-7,10-12,18-19H,8-9,13-14H2,1-4H3,(H,28,33). The third-order valence-electron chi connectivity index (χ3n) is 7.54. The van der Waals surface area contributed by atoms with Gasteiger partial charge in [-0.15, -0.1) is 0 Å². The van der Waals surface area contributed by atoms with E-state index in [1.165, 1.54) is 23.7 Å². The average Bonchev–Trinajstić information content (AvgIpc) is 3.39. The lowest BCUT2D eigenvalue weighted by Crippen LogP contribution is -2.55. The van der Waals surface area contributed by atoms with Gasteiger partial charge in [0.25, 0.3) is 0 Å². The Morgan fingerprint density at radius 1 is 1.08 bits per heavy atom. The van der Waals surface area contributed by atoms with Crippen LogP contribution in [0.4, 0.5) is 5.69 Å². The van der Waals surface area contributed by atoms with Crippen LogP contribution in [0.2, 0.25) is 0 Å². The summed E-state index contributed by atoms with van der Waals surface area (Å²) >= 11 is 0. The number of aryl methyl sites for hydroxylation is 1. The van der Waals surface area contributed by atoms with Gasteiger partial charge in [0.05, 0.1) is 42.2 Å². The number of nitrogens with one attached hydrogen (secondary N) is 1. The molecule has 9 nitrogen and oxygen atoms in total. The highest BCUT2D eigenvalue weighted by Crippen LogP contribution is 2.41. The monoisotopic (exact) mass is 487 g/mol. The minimum Gasteiger partial charge on any atom is -0.494 e. The number of nitrogens with zero attached hydrogens (tertiary/aromatic N) is 4. The Morgan fingerprint density at radius 2 is 1.89 bits per heavy atom. The molecule has 0 unspecified atom stereocenters. The van der Waals surface area contributed by atoms with Gasteiger partial charge in [0.15, 0.2) is 5.82 Å². The molecule has 9 heteroatoms. The number of benzene rings is 2. The molecule has 1 aliphatic carbocycles. The smallest absolute Gasteiger partial charge is 0.338 e. The van der Waals surface area contributed by atoms with Crippen molar-refractivity contribution in [1.82, 2.24) is 19.4 Å². The van der Waals surface area contributed by atoms with Gasteiger partial charge in [-0.2, -0.15) is 0 Å². The van der Waals surface area contributed by atoms with Crippen molar-refractivity contribution < 1.29 is 19.1 Å². The number of methoxy groups -OCH3 is 2. The lowest BCUT2D eigenvalue weighted by molar-refractivity contribution is -0.120. The number of carbonyl (C=O) groups is 2. The van der Waals surface area contributed by atoms with E-state index in [9.17, 15) is 9.59 Å². The summed E-state index contributed by atoms with van der Waals surface area (Å²) in [6, 6.07) is 12.8. The first-order valence-electron chi connectivity index (χ1n) is 12.2. The van der Waals surface area contributed by atoms with Crippen LogP contribution in [-0.4, -0.2) is 58.8 Å². The zero-order chi connectivity index (χ0) is 25.1. The van der Waals surface area contributed by atoms with Crippen LogP contribution in [0.5, 0.6) is 5.75 Å². The highest BCUT2D eigenvalue weighted by Gasteiger charge is 2.37. The molecule has 2 aliphatic rings. The Bertz CT molecular complexity index is 1530. The molecule has 0 saturated heterocycles. The van der Waals surface area contributed by atoms with Crippen LogP contribution in [0.25, 0.3) is 33.5 Å². The molecule has 0 radical (unpaired) electrons. The molecular weight excluding hydrogens is 458 g/mol. The molecule has 186 valence electrons. The van der Waals surface area contributed by atoms with Crippen molar-refractivity contribution in [2.24, 2.45) is 7.05 Å². The normalized spacial score (nSPS) is 18.8. The molecule has 6 rings (SSSR count). The minimum absolute atomic E-state index is 0.0375. The lowest BCUT2D eigenvalue weighted by Gasteiger charge is -2.46. The SMILES string of the molecule is COC(=O)c1cc(OC)c2c(c1)nc(-c1cc3cccc4c3n1CCN4C1CC(NC(C)=O)C1)n2C. The number of fused-ring (bicyclic) bond motifs is 1. The minimum atomic E-state index is -0.424. The number of anilines is 1. The second-order valence-corrected chi connectivity index (χ2v) is 9.64. The average molecular weight is 488 g/mol. The van der Waals surface area contributed by atoms with Gasteiger partial charge in [-0.1, -0.05) is 12.1 Å². The Morgan fingerprint density at radius 3 is 2.61 bits per heavy atom. The quantitative estimate of drug-likeness (QED) is 0.434. The van der Waals surface area contributed by atoms with Crippen molar-refractivity contribution >= 4 is 39.5 Å². The lowest BCUT2D eigenvalue weighted by atomic mass is 9.84. The Hall–Kier alpha value is -4.01. The van der Waals surface area contributed by atoms with Crippen LogP contribution in [0, 0.1) is 0 Å². The van der Waals surface area contributed by atoms with E-state index in [1.807, 2.05) is 11.6 Å². The number of hydrogen-bond donors (Lipinski definition) is 1. The van der Waals surface area contributed by atoms with Crippen molar-refractivity contribution in [3.05, 3.63) is 42.0 Å². The van der Waals surface area contributed by atoms with Gasteiger partial charge < -0.3 is 28.8 Å². The molecule has 1 aliphatic heterocycles. The zero-order valence-electron chi connectivity index (χ0n) is 20.9. The first-order valence-corrected chi connectivity index (χ1v) is 12.2. The summed E-state index contributed by atoms with van der Waals surface area (Å²) in [5.74, 6) is 1.01. The number of rotatable bonds is 5. The topological polar surface area (TPSA) is 90.6 Å². The fourth-order valence-electron chi connectivity index (χ4n) is 5.84. The predicted octanol–water partition coefficient (Wildman–Crippen LogP) is 3.48. The Balaban J connectivity index is 1.43. The van der Waals surface area contributed by atoms with E-state index in [0.717, 1.165) is 43.0 Å². The molecule has 2 aromatic carbocycles. The molecule has 0 atom stereocenters. The molecule has 36 heavy (non-hydrogen) atoms. The molecule has 1 amide bonds. The van der Waals surface area contributed by atoms with Gasteiger partial charge in [-0.3, -0.25) is 4.79 Å². The van der Waals surface area contributed by atoms with E-state index in [0.29, 0.717) is 22.9 Å². The molecule has 0 bridgehead atoms. The van der Waals surface area contributed by atoms with E-state index in [2.05, 4.69) is 39.0 Å². The van der Waals surface area contributed by atoms with Crippen LogP contribution < -0.4 is 15.0 Å². The second-order valence-electron chi connectivity index (χ2n) is 9.64. The number of aromatic nitrogens is 3. The number of carbonyl (C=O) groups excluding carboxylic acids is 2. The van der Waals surface area contributed by atoms with E-state index < -0.39 is 5.97 Å². The molecule has 0 spiro atoms. The number of esters is 1. The van der Waals surface area contributed by atoms with Crippen molar-refractivity contribution in [2.75, 3.05) is 25.7 Å². The van der Waals surface area contributed by atoms with Gasteiger partial charge in [-0.25, -0.2) is 9.78 Å². The third kappa shape index (κ3) is 3.33. The van der Waals surface area contributed by atoms with Gasteiger partial charge >= 0.3 is 5.97 Å². The maximum atomic E-state index is 12.2. The molecule has 1 fully saturated rings. The maximum Gasteiger partial charge on any atom is 0.338 e. The van der Waals surface area contributed by atoms with Crippen LogP contribution in [0.3, 0.4) is 0 Å². The second kappa shape index (κ2) is 8.29. The van der Waals surface area contributed by atoms with Gasteiger partial charge in [0.1, 0.15) is 11.3 Å². The maximum absolute atomic E-state index is 12.2. The van der Waals surface area contributed by atoms with Gasteiger partial charge in [0, 0.05) is 44.5 Å². The molecule has 1 N–H and O–H groups in total. The Labute approximate surface area is 208 Å². The molecule has 1 saturated carbocycles. The Kier molecular flexibility index (Phi) is 5.17. The number of amides is 1. The largest absolute Gasteiger partial charge is 0.494 e. The van der Waals surface area contributed by atoms with E-state index >= 15 is 0 Å². The number of para-hydroxylation sites is 1. The van der Waals surface area contributed by atoms with Crippen molar-refractivity contribution in [2.45, 2.75) is 38.4 Å². The van der Waals surface area contributed by atoms with E-state index in [4.69, 9.17) is 14.5 Å². The molecule has 2 aromatic heterocycles. The number of hydrogen-bond acceptors (Lipinski definition) is 6. The summed E-state index contributed by atoms with van der Waals surface area (Å²) in [5, 5.41) is 4.21. The number of imidazole rings is 1.